The molecule has 0 fully saturated rings. The Balaban J connectivity index is 2.70. The highest BCUT2D eigenvalue weighted by molar-refractivity contribution is 7.09. The van der Waals surface area contributed by atoms with E-state index in [0.29, 0.717) is 6.54 Å². The molecule has 0 radical (unpaired) electrons. The van der Waals surface area contributed by atoms with Crippen LogP contribution in [0.15, 0.2) is 5.51 Å². The average molecular weight is 156 g/mol. The summed E-state index contributed by atoms with van der Waals surface area (Å²) in [5.74, 6) is 0. The summed E-state index contributed by atoms with van der Waals surface area (Å²) in [7, 11) is 0. The average Bonchev–Trinajstić information content (AvgIpc) is 2.36. The van der Waals surface area contributed by atoms with Crippen LogP contribution in [0.25, 0.3) is 0 Å². The van der Waals surface area contributed by atoms with Crippen molar-refractivity contribution in [2.75, 3.05) is 0 Å². The van der Waals surface area contributed by atoms with Crippen molar-refractivity contribution in [2.45, 2.75) is 26.3 Å². The molecule has 56 valence electrons. The maximum atomic E-state index is 5.50. The maximum absolute atomic E-state index is 5.50. The lowest BCUT2D eigenvalue weighted by atomic mass is 10.2. The van der Waals surface area contributed by atoms with Crippen molar-refractivity contribution in [3.05, 3.63) is 16.1 Å². The second-order valence-electron chi connectivity index (χ2n) is 2.18. The van der Waals surface area contributed by atoms with E-state index in [1.54, 1.807) is 11.3 Å². The van der Waals surface area contributed by atoms with Crippen LogP contribution in [0.5, 0.6) is 0 Å². The van der Waals surface area contributed by atoms with Crippen molar-refractivity contribution < 1.29 is 0 Å². The highest BCUT2D eigenvalue weighted by Gasteiger charge is 2.01. The van der Waals surface area contributed by atoms with E-state index < -0.39 is 0 Å². The normalized spacial score (nSPS) is 10.2. The molecule has 0 spiro atoms. The molecule has 0 aromatic carbocycles. The summed E-state index contributed by atoms with van der Waals surface area (Å²) < 4.78 is 0. The molecule has 1 rings (SSSR count). The van der Waals surface area contributed by atoms with Gasteiger partial charge in [-0.15, -0.1) is 11.3 Å². The molecule has 0 aliphatic rings. The van der Waals surface area contributed by atoms with E-state index in [-0.39, 0.29) is 0 Å². The second kappa shape index (κ2) is 3.68. The minimum Gasteiger partial charge on any atom is -0.326 e. The molecule has 1 aromatic heterocycles. The van der Waals surface area contributed by atoms with Crippen molar-refractivity contribution in [1.29, 1.82) is 0 Å². The van der Waals surface area contributed by atoms with Crippen LogP contribution < -0.4 is 5.73 Å². The largest absolute Gasteiger partial charge is 0.326 e. The van der Waals surface area contributed by atoms with Gasteiger partial charge in [-0.25, -0.2) is 4.98 Å². The number of nitrogens with zero attached hydrogens (tertiary/aromatic N) is 1. The summed E-state index contributed by atoms with van der Waals surface area (Å²) in [5.41, 5.74) is 8.55. The van der Waals surface area contributed by atoms with Gasteiger partial charge in [0.15, 0.2) is 0 Å². The van der Waals surface area contributed by atoms with E-state index in [2.05, 4.69) is 11.9 Å². The number of hydrogen-bond donors (Lipinski definition) is 1. The van der Waals surface area contributed by atoms with Crippen LogP contribution in [0, 0.1) is 0 Å². The lowest BCUT2D eigenvalue weighted by Crippen LogP contribution is -1.97. The first kappa shape index (κ1) is 7.69. The van der Waals surface area contributed by atoms with Crippen LogP contribution in [0.3, 0.4) is 0 Å². The Morgan fingerprint density at radius 2 is 2.50 bits per heavy atom. The lowest BCUT2D eigenvalue weighted by molar-refractivity contribution is 0.871. The van der Waals surface area contributed by atoms with Gasteiger partial charge >= 0.3 is 0 Å². The quantitative estimate of drug-likeness (QED) is 0.721. The molecule has 1 heterocycles. The summed E-state index contributed by atoms with van der Waals surface area (Å²) in [4.78, 5) is 5.45. The highest BCUT2D eigenvalue weighted by atomic mass is 32.1. The van der Waals surface area contributed by atoms with Gasteiger partial charge < -0.3 is 5.73 Å². The van der Waals surface area contributed by atoms with Gasteiger partial charge in [0.25, 0.3) is 0 Å². The van der Waals surface area contributed by atoms with Crippen molar-refractivity contribution in [2.24, 2.45) is 5.73 Å². The molecule has 0 aliphatic carbocycles. The molecule has 1 aromatic rings. The van der Waals surface area contributed by atoms with Crippen LogP contribution >= 0.6 is 11.3 Å². The third-order valence-corrected chi connectivity index (χ3v) is 2.30. The number of thiazole rings is 1. The van der Waals surface area contributed by atoms with Gasteiger partial charge in [-0.05, 0) is 6.42 Å². The Labute approximate surface area is 65.1 Å². The summed E-state index contributed by atoms with van der Waals surface area (Å²) >= 11 is 1.65. The topological polar surface area (TPSA) is 38.9 Å². The molecule has 0 bridgehead atoms. The molecule has 10 heavy (non-hydrogen) atoms. The standard InChI is InChI=1S/C7H12N2S/c1-2-3-6-7(4-8)10-5-9-6/h5H,2-4,8H2,1H3. The second-order valence-corrected chi connectivity index (χ2v) is 3.12. The summed E-state index contributed by atoms with van der Waals surface area (Å²) in [6, 6.07) is 0. The Kier molecular flexibility index (Phi) is 2.83. The smallest absolute Gasteiger partial charge is 0.0798 e. The third-order valence-electron chi connectivity index (χ3n) is 1.40. The van der Waals surface area contributed by atoms with E-state index >= 15 is 0 Å². The van der Waals surface area contributed by atoms with Gasteiger partial charge in [0.2, 0.25) is 0 Å². The molecule has 2 N–H and O–H groups in total. The van der Waals surface area contributed by atoms with Gasteiger partial charge in [-0.3, -0.25) is 0 Å². The van der Waals surface area contributed by atoms with Crippen LogP contribution in [0.2, 0.25) is 0 Å². The van der Waals surface area contributed by atoms with Crippen LogP contribution in [-0.4, -0.2) is 4.98 Å². The third kappa shape index (κ3) is 1.55. The van der Waals surface area contributed by atoms with Gasteiger partial charge in [-0.2, -0.15) is 0 Å². The fourth-order valence-electron chi connectivity index (χ4n) is 0.900. The van der Waals surface area contributed by atoms with Gasteiger partial charge in [-0.1, -0.05) is 13.3 Å². The fraction of sp³-hybridized carbons (Fsp3) is 0.571. The number of hydrogen-bond acceptors (Lipinski definition) is 3. The van der Waals surface area contributed by atoms with Crippen LogP contribution in [-0.2, 0) is 13.0 Å². The van der Waals surface area contributed by atoms with E-state index in [1.165, 1.54) is 10.6 Å². The molecular weight excluding hydrogens is 144 g/mol. The fourth-order valence-corrected chi connectivity index (χ4v) is 1.59. The molecule has 0 amide bonds. The van der Waals surface area contributed by atoms with Gasteiger partial charge in [0.05, 0.1) is 11.2 Å². The molecule has 0 saturated carbocycles. The Hall–Kier alpha value is -0.410. The lowest BCUT2D eigenvalue weighted by Gasteiger charge is -1.94. The van der Waals surface area contributed by atoms with E-state index in [0.717, 1.165) is 12.8 Å². The zero-order chi connectivity index (χ0) is 7.40. The monoisotopic (exact) mass is 156 g/mol. The highest BCUT2D eigenvalue weighted by Crippen LogP contribution is 2.13. The molecule has 3 heteroatoms. The minimum atomic E-state index is 0.639. The first-order chi connectivity index (χ1) is 4.88. The summed E-state index contributed by atoms with van der Waals surface area (Å²) in [5, 5.41) is 0. The molecule has 2 nitrogen and oxygen atoms in total. The number of nitrogens with two attached hydrogens (primary N) is 1. The van der Waals surface area contributed by atoms with Gasteiger partial charge in [0.1, 0.15) is 0 Å². The zero-order valence-corrected chi connectivity index (χ0v) is 6.95. The van der Waals surface area contributed by atoms with E-state index in [1.807, 2.05) is 5.51 Å². The Morgan fingerprint density at radius 3 is 3.10 bits per heavy atom. The molecule has 0 saturated heterocycles. The number of aryl methyl sites for hydroxylation is 1. The van der Waals surface area contributed by atoms with E-state index in [9.17, 15) is 0 Å². The van der Waals surface area contributed by atoms with Crippen molar-refractivity contribution in [3.63, 3.8) is 0 Å². The first-order valence-corrected chi connectivity index (χ1v) is 4.37. The van der Waals surface area contributed by atoms with Crippen molar-refractivity contribution in [1.82, 2.24) is 4.98 Å². The molecular formula is C7H12N2S. The first-order valence-electron chi connectivity index (χ1n) is 3.49. The molecule has 0 unspecified atom stereocenters. The van der Waals surface area contributed by atoms with Crippen LogP contribution in [0.1, 0.15) is 23.9 Å². The van der Waals surface area contributed by atoms with Gasteiger partial charge in [0, 0.05) is 11.4 Å². The molecule has 0 atom stereocenters. The minimum absolute atomic E-state index is 0.639. The predicted octanol–water partition coefficient (Wildman–Crippen LogP) is 1.55. The zero-order valence-electron chi connectivity index (χ0n) is 6.13. The Morgan fingerprint density at radius 1 is 1.70 bits per heavy atom. The Bertz CT molecular complexity index is 195. The molecule has 0 aliphatic heterocycles. The summed E-state index contributed by atoms with van der Waals surface area (Å²) in [6.07, 6.45) is 2.22. The maximum Gasteiger partial charge on any atom is 0.0798 e. The van der Waals surface area contributed by atoms with Crippen molar-refractivity contribution >= 4 is 11.3 Å². The number of rotatable bonds is 3. The summed E-state index contributed by atoms with van der Waals surface area (Å²) in [6.45, 7) is 2.79. The predicted molar refractivity (Wildman–Crippen MR) is 44.0 cm³/mol. The van der Waals surface area contributed by atoms with Crippen molar-refractivity contribution in [3.8, 4) is 0 Å². The van der Waals surface area contributed by atoms with Crippen LogP contribution in [0.4, 0.5) is 0 Å². The SMILES string of the molecule is CCCc1ncsc1CN. The van der Waals surface area contributed by atoms with E-state index in [4.69, 9.17) is 5.73 Å². The number of aromatic nitrogens is 1.